The zero-order valence-electron chi connectivity index (χ0n) is 12.0. The Balaban J connectivity index is 0.00000200. The van der Waals surface area contributed by atoms with Crippen LogP contribution >= 0.6 is 35.6 Å². The van der Waals surface area contributed by atoms with Crippen LogP contribution in [0, 0.1) is 5.92 Å². The van der Waals surface area contributed by atoms with Crippen molar-refractivity contribution in [2.24, 2.45) is 16.6 Å². The predicted octanol–water partition coefficient (Wildman–Crippen LogP) is 3.55. The highest BCUT2D eigenvalue weighted by molar-refractivity contribution is 14.0. The lowest BCUT2D eigenvalue weighted by Gasteiger charge is -2.15. The SMILES string of the molecule is CC(C)CNC(N)=NCC1(c2ccccc2Cl)CC1.I. The van der Waals surface area contributed by atoms with Gasteiger partial charge < -0.3 is 11.1 Å². The van der Waals surface area contributed by atoms with Crippen LogP contribution in [0.5, 0.6) is 0 Å². The van der Waals surface area contributed by atoms with Crippen LogP contribution in [0.15, 0.2) is 29.3 Å². The lowest BCUT2D eigenvalue weighted by Crippen LogP contribution is -2.35. The topological polar surface area (TPSA) is 50.4 Å². The fourth-order valence-electron chi connectivity index (χ4n) is 2.16. The Morgan fingerprint density at radius 2 is 2.05 bits per heavy atom. The molecule has 3 nitrogen and oxygen atoms in total. The number of hydrogen-bond acceptors (Lipinski definition) is 1. The van der Waals surface area contributed by atoms with Gasteiger partial charge in [0.2, 0.25) is 0 Å². The molecule has 112 valence electrons. The van der Waals surface area contributed by atoms with Gasteiger partial charge in [-0.1, -0.05) is 43.6 Å². The van der Waals surface area contributed by atoms with Crippen LogP contribution in [-0.2, 0) is 5.41 Å². The molecule has 1 aliphatic carbocycles. The lowest BCUT2D eigenvalue weighted by molar-refractivity contribution is 0.619. The van der Waals surface area contributed by atoms with Gasteiger partial charge in [0.05, 0.1) is 6.54 Å². The van der Waals surface area contributed by atoms with Crippen molar-refractivity contribution in [2.75, 3.05) is 13.1 Å². The molecule has 0 aliphatic heterocycles. The summed E-state index contributed by atoms with van der Waals surface area (Å²) in [6, 6.07) is 8.04. The van der Waals surface area contributed by atoms with Gasteiger partial charge in [-0.05, 0) is 30.4 Å². The van der Waals surface area contributed by atoms with Crippen molar-refractivity contribution in [3.05, 3.63) is 34.9 Å². The van der Waals surface area contributed by atoms with Crippen molar-refractivity contribution in [3.8, 4) is 0 Å². The molecular weight excluding hydrogens is 385 g/mol. The van der Waals surface area contributed by atoms with E-state index in [1.807, 2.05) is 18.2 Å². The average Bonchev–Trinajstić information content (AvgIpc) is 3.15. The molecule has 1 aromatic rings. The minimum atomic E-state index is 0. The van der Waals surface area contributed by atoms with Crippen LogP contribution in [0.2, 0.25) is 5.02 Å². The number of nitrogens with two attached hydrogens (primary N) is 1. The minimum absolute atomic E-state index is 0. The average molecular weight is 408 g/mol. The van der Waals surface area contributed by atoms with E-state index in [0.717, 1.165) is 24.4 Å². The molecule has 1 aromatic carbocycles. The van der Waals surface area contributed by atoms with Gasteiger partial charge in [0, 0.05) is 17.0 Å². The van der Waals surface area contributed by atoms with E-state index in [2.05, 4.69) is 30.2 Å². The highest BCUT2D eigenvalue weighted by atomic mass is 127. The third-order valence-corrected chi connectivity index (χ3v) is 3.87. The number of nitrogens with one attached hydrogen (secondary N) is 1. The third-order valence-electron chi connectivity index (χ3n) is 3.54. The summed E-state index contributed by atoms with van der Waals surface area (Å²) in [7, 11) is 0. The second-order valence-electron chi connectivity index (χ2n) is 5.74. The van der Waals surface area contributed by atoms with E-state index < -0.39 is 0 Å². The molecule has 0 unspecified atom stereocenters. The van der Waals surface area contributed by atoms with Gasteiger partial charge in [0.25, 0.3) is 0 Å². The van der Waals surface area contributed by atoms with Crippen molar-refractivity contribution in [1.29, 1.82) is 0 Å². The molecule has 1 fully saturated rings. The molecule has 0 aromatic heterocycles. The van der Waals surface area contributed by atoms with Crippen molar-refractivity contribution in [3.63, 3.8) is 0 Å². The summed E-state index contributed by atoms with van der Waals surface area (Å²) < 4.78 is 0. The molecular formula is C15H23ClIN3. The van der Waals surface area contributed by atoms with Gasteiger partial charge in [0.15, 0.2) is 5.96 Å². The molecule has 5 heteroatoms. The summed E-state index contributed by atoms with van der Waals surface area (Å²) in [5.74, 6) is 1.10. The van der Waals surface area contributed by atoms with E-state index in [1.165, 1.54) is 5.56 Å². The molecule has 2 rings (SSSR count). The van der Waals surface area contributed by atoms with E-state index in [9.17, 15) is 0 Å². The monoisotopic (exact) mass is 407 g/mol. The van der Waals surface area contributed by atoms with E-state index >= 15 is 0 Å². The first kappa shape index (κ1) is 17.6. The van der Waals surface area contributed by atoms with Crippen LogP contribution in [0.1, 0.15) is 32.3 Å². The molecule has 0 atom stereocenters. The summed E-state index contributed by atoms with van der Waals surface area (Å²) in [4.78, 5) is 4.47. The van der Waals surface area contributed by atoms with Gasteiger partial charge >= 0.3 is 0 Å². The largest absolute Gasteiger partial charge is 0.370 e. The molecule has 0 heterocycles. The maximum atomic E-state index is 6.27. The van der Waals surface area contributed by atoms with Crippen LogP contribution in [0.25, 0.3) is 0 Å². The third kappa shape index (κ3) is 4.52. The lowest BCUT2D eigenvalue weighted by atomic mass is 9.96. The summed E-state index contributed by atoms with van der Waals surface area (Å²) in [6.45, 7) is 5.86. The van der Waals surface area contributed by atoms with Crippen molar-refractivity contribution < 1.29 is 0 Å². The van der Waals surface area contributed by atoms with E-state index in [4.69, 9.17) is 17.3 Å². The maximum absolute atomic E-state index is 6.27. The predicted molar refractivity (Wildman–Crippen MR) is 97.1 cm³/mol. The standard InChI is InChI=1S/C15H22ClN3.HI/c1-11(2)9-18-14(17)19-10-15(7-8-15)12-5-3-4-6-13(12)16;/h3-6,11H,7-10H2,1-2H3,(H3,17,18,19);1H. The second-order valence-corrected chi connectivity index (χ2v) is 6.14. The summed E-state index contributed by atoms with van der Waals surface area (Å²) in [5.41, 5.74) is 7.20. The Kier molecular flexibility index (Phi) is 6.58. The van der Waals surface area contributed by atoms with E-state index in [0.29, 0.717) is 18.4 Å². The zero-order chi connectivity index (χ0) is 13.9. The Morgan fingerprint density at radius 1 is 1.40 bits per heavy atom. The molecule has 3 N–H and O–H groups in total. The molecule has 0 radical (unpaired) electrons. The van der Waals surface area contributed by atoms with Crippen LogP contribution in [0.3, 0.4) is 0 Å². The fraction of sp³-hybridized carbons (Fsp3) is 0.533. The van der Waals surface area contributed by atoms with Gasteiger partial charge in [-0.2, -0.15) is 0 Å². The Hall–Kier alpha value is -0.490. The van der Waals surface area contributed by atoms with Gasteiger partial charge in [-0.25, -0.2) is 0 Å². The molecule has 0 spiro atoms. The van der Waals surface area contributed by atoms with Crippen molar-refractivity contribution >= 4 is 41.5 Å². The second kappa shape index (κ2) is 7.50. The number of hydrogen-bond donors (Lipinski definition) is 2. The number of nitrogens with zero attached hydrogens (tertiary/aromatic N) is 1. The molecule has 0 amide bonds. The molecule has 1 saturated carbocycles. The zero-order valence-corrected chi connectivity index (χ0v) is 15.1. The fourth-order valence-corrected chi connectivity index (χ4v) is 2.49. The number of guanidine groups is 1. The first-order valence-electron chi connectivity index (χ1n) is 6.82. The number of benzene rings is 1. The van der Waals surface area contributed by atoms with Crippen LogP contribution < -0.4 is 11.1 Å². The highest BCUT2D eigenvalue weighted by Crippen LogP contribution is 2.50. The minimum Gasteiger partial charge on any atom is -0.370 e. The van der Waals surface area contributed by atoms with Gasteiger partial charge in [-0.15, -0.1) is 24.0 Å². The normalized spacial score (nSPS) is 16.7. The molecule has 1 aliphatic rings. The quantitative estimate of drug-likeness (QED) is 0.445. The molecule has 20 heavy (non-hydrogen) atoms. The Labute approximate surface area is 143 Å². The Morgan fingerprint density at radius 3 is 2.60 bits per heavy atom. The number of halogens is 2. The summed E-state index contributed by atoms with van der Waals surface area (Å²) in [5, 5.41) is 3.98. The molecule has 0 bridgehead atoms. The number of rotatable bonds is 5. The summed E-state index contributed by atoms with van der Waals surface area (Å²) in [6.07, 6.45) is 2.27. The van der Waals surface area contributed by atoms with Gasteiger partial charge in [-0.3, -0.25) is 4.99 Å². The van der Waals surface area contributed by atoms with E-state index in [-0.39, 0.29) is 29.4 Å². The van der Waals surface area contributed by atoms with Crippen molar-refractivity contribution in [1.82, 2.24) is 5.32 Å². The van der Waals surface area contributed by atoms with E-state index in [1.54, 1.807) is 0 Å². The maximum Gasteiger partial charge on any atom is 0.188 e. The van der Waals surface area contributed by atoms with Crippen molar-refractivity contribution in [2.45, 2.75) is 32.1 Å². The molecule has 0 saturated heterocycles. The number of aliphatic imine (C=N–C) groups is 1. The van der Waals surface area contributed by atoms with Crippen LogP contribution in [0.4, 0.5) is 0 Å². The van der Waals surface area contributed by atoms with Crippen LogP contribution in [-0.4, -0.2) is 19.0 Å². The smallest absolute Gasteiger partial charge is 0.188 e. The first-order chi connectivity index (χ1) is 9.03. The first-order valence-corrected chi connectivity index (χ1v) is 7.20. The Bertz CT molecular complexity index is 470. The summed E-state index contributed by atoms with van der Waals surface area (Å²) >= 11 is 6.27. The van der Waals surface area contributed by atoms with Gasteiger partial charge in [0.1, 0.15) is 0 Å². The highest BCUT2D eigenvalue weighted by Gasteiger charge is 2.45.